The van der Waals surface area contributed by atoms with E-state index in [0.717, 1.165) is 0 Å². The van der Waals surface area contributed by atoms with Crippen molar-refractivity contribution in [1.82, 2.24) is 15.1 Å². The molecule has 0 saturated heterocycles. The van der Waals surface area contributed by atoms with Crippen molar-refractivity contribution in [2.24, 2.45) is 7.05 Å². The summed E-state index contributed by atoms with van der Waals surface area (Å²) in [5.74, 6) is -0.446. The maximum Gasteiger partial charge on any atom is 0.275 e. The number of ether oxygens (including phenoxy) is 1. The van der Waals surface area contributed by atoms with E-state index in [9.17, 15) is 9.59 Å². The first-order valence-corrected chi connectivity index (χ1v) is 6.97. The van der Waals surface area contributed by atoms with Gasteiger partial charge < -0.3 is 10.1 Å². The van der Waals surface area contributed by atoms with Gasteiger partial charge in [0.15, 0.2) is 5.69 Å². The molecule has 0 unspecified atom stereocenters. The minimum atomic E-state index is -0.446. The molecule has 0 fully saturated rings. The Kier molecular flexibility index (Phi) is 5.05. The maximum atomic E-state index is 12.3. The fourth-order valence-electron chi connectivity index (χ4n) is 2.08. The molecular weight excluding hydrogens is 270 g/mol. The maximum absolute atomic E-state index is 12.3. The van der Waals surface area contributed by atoms with Crippen LogP contribution in [0.2, 0.25) is 0 Å². The summed E-state index contributed by atoms with van der Waals surface area (Å²) in [6, 6.07) is 7.10. The first-order chi connectivity index (χ1) is 10.1. The number of aryl methyl sites for hydroxylation is 1. The lowest BCUT2D eigenvalue weighted by molar-refractivity contribution is 0.0936. The second-order valence-corrected chi connectivity index (χ2v) is 4.62. The molecule has 6 nitrogen and oxygen atoms in total. The number of aromatic nitrogens is 2. The summed E-state index contributed by atoms with van der Waals surface area (Å²) < 4.78 is 6.74. The summed E-state index contributed by atoms with van der Waals surface area (Å²) in [6.45, 7) is 3.61. The van der Waals surface area contributed by atoms with Gasteiger partial charge in [-0.15, -0.1) is 0 Å². The lowest BCUT2D eigenvalue weighted by Gasteiger charge is -2.08. The number of carbonyl (C=O) groups is 1. The predicted octanol–water partition coefficient (Wildman–Crippen LogP) is 1.09. The van der Waals surface area contributed by atoms with Gasteiger partial charge >= 0.3 is 0 Å². The minimum Gasteiger partial charge on any atom is -0.382 e. The number of carbonyl (C=O) groups excluding carboxylic acids is 1. The Bertz CT molecular complexity index is 694. The Morgan fingerprint density at radius 2 is 2.14 bits per heavy atom. The summed E-state index contributed by atoms with van der Waals surface area (Å²) >= 11 is 0. The SMILES string of the molecule is CCOCCCNC(=O)c1nn(C)c2ccccc2c1=O. The van der Waals surface area contributed by atoms with Gasteiger partial charge in [-0.2, -0.15) is 5.10 Å². The monoisotopic (exact) mass is 289 g/mol. The van der Waals surface area contributed by atoms with Crippen LogP contribution in [0.5, 0.6) is 0 Å². The van der Waals surface area contributed by atoms with Gasteiger partial charge in [0.25, 0.3) is 5.91 Å². The average Bonchev–Trinajstić information content (AvgIpc) is 2.50. The highest BCUT2D eigenvalue weighted by Crippen LogP contribution is 2.07. The molecule has 6 heteroatoms. The highest BCUT2D eigenvalue weighted by molar-refractivity contribution is 5.95. The van der Waals surface area contributed by atoms with Gasteiger partial charge in [-0.25, -0.2) is 0 Å². The molecule has 0 atom stereocenters. The number of nitrogens with zero attached hydrogens (tertiary/aromatic N) is 2. The quantitative estimate of drug-likeness (QED) is 0.808. The number of hydrogen-bond donors (Lipinski definition) is 1. The van der Waals surface area contributed by atoms with E-state index >= 15 is 0 Å². The van der Waals surface area contributed by atoms with Gasteiger partial charge in [0.1, 0.15) is 0 Å². The molecule has 0 radical (unpaired) electrons. The van der Waals surface area contributed by atoms with Crippen LogP contribution in [0, 0.1) is 0 Å². The van der Waals surface area contributed by atoms with Crippen LogP contribution < -0.4 is 10.7 Å². The van der Waals surface area contributed by atoms with Crippen molar-refractivity contribution in [2.75, 3.05) is 19.8 Å². The number of para-hydroxylation sites is 1. The standard InChI is InChI=1S/C15H19N3O3/c1-3-21-10-6-9-16-15(20)13-14(19)11-7-4-5-8-12(11)18(2)17-13/h4-5,7-8H,3,6,9-10H2,1-2H3,(H,16,20). The Morgan fingerprint density at radius 1 is 1.38 bits per heavy atom. The highest BCUT2D eigenvalue weighted by Gasteiger charge is 2.15. The minimum absolute atomic E-state index is 0.0763. The summed E-state index contributed by atoms with van der Waals surface area (Å²) in [6.07, 6.45) is 0.702. The lowest BCUT2D eigenvalue weighted by atomic mass is 10.2. The molecule has 0 bridgehead atoms. The molecule has 1 N–H and O–H groups in total. The topological polar surface area (TPSA) is 73.2 Å². The number of nitrogens with one attached hydrogen (secondary N) is 1. The van der Waals surface area contributed by atoms with Crippen LogP contribution in [0.3, 0.4) is 0 Å². The Balaban J connectivity index is 2.16. The predicted molar refractivity (Wildman–Crippen MR) is 80.4 cm³/mol. The fraction of sp³-hybridized carbons (Fsp3) is 0.400. The van der Waals surface area contributed by atoms with E-state index in [-0.39, 0.29) is 11.1 Å². The second kappa shape index (κ2) is 6.99. The molecule has 0 saturated carbocycles. The normalized spacial score (nSPS) is 10.8. The van der Waals surface area contributed by atoms with E-state index in [1.54, 1.807) is 29.9 Å². The Labute approximate surface area is 122 Å². The molecule has 1 heterocycles. The van der Waals surface area contributed by atoms with Gasteiger partial charge in [-0.1, -0.05) is 12.1 Å². The molecule has 0 spiro atoms. The number of rotatable bonds is 6. The molecule has 2 aromatic rings. The van der Waals surface area contributed by atoms with E-state index < -0.39 is 5.91 Å². The van der Waals surface area contributed by atoms with Crippen molar-refractivity contribution < 1.29 is 9.53 Å². The molecular formula is C15H19N3O3. The molecule has 112 valence electrons. The van der Waals surface area contributed by atoms with E-state index in [2.05, 4.69) is 10.4 Å². The third-order valence-corrected chi connectivity index (χ3v) is 3.13. The van der Waals surface area contributed by atoms with Crippen molar-refractivity contribution in [3.05, 3.63) is 40.2 Å². The second-order valence-electron chi connectivity index (χ2n) is 4.62. The summed E-state index contributed by atoms with van der Waals surface area (Å²) in [5, 5.41) is 7.27. The van der Waals surface area contributed by atoms with Crippen molar-refractivity contribution >= 4 is 16.8 Å². The van der Waals surface area contributed by atoms with Crippen molar-refractivity contribution in [3.63, 3.8) is 0 Å². The van der Waals surface area contributed by atoms with E-state index in [4.69, 9.17) is 4.74 Å². The van der Waals surface area contributed by atoms with Crippen molar-refractivity contribution in [2.45, 2.75) is 13.3 Å². The lowest BCUT2D eigenvalue weighted by Crippen LogP contribution is -2.32. The summed E-state index contributed by atoms with van der Waals surface area (Å²) in [5.41, 5.74) is 0.286. The number of benzene rings is 1. The zero-order chi connectivity index (χ0) is 15.2. The van der Waals surface area contributed by atoms with Gasteiger partial charge in [-0.05, 0) is 25.5 Å². The first kappa shape index (κ1) is 15.2. The largest absolute Gasteiger partial charge is 0.382 e. The van der Waals surface area contributed by atoms with E-state index in [0.29, 0.717) is 37.1 Å². The fourth-order valence-corrected chi connectivity index (χ4v) is 2.08. The smallest absolute Gasteiger partial charge is 0.275 e. The van der Waals surface area contributed by atoms with Crippen LogP contribution in [0.15, 0.2) is 29.1 Å². The van der Waals surface area contributed by atoms with Gasteiger partial charge in [-0.3, -0.25) is 14.3 Å². The van der Waals surface area contributed by atoms with Crippen molar-refractivity contribution in [3.8, 4) is 0 Å². The Morgan fingerprint density at radius 3 is 2.90 bits per heavy atom. The van der Waals surface area contributed by atoms with Crippen LogP contribution >= 0.6 is 0 Å². The molecule has 2 rings (SSSR count). The van der Waals surface area contributed by atoms with Gasteiger partial charge in [0.2, 0.25) is 5.43 Å². The zero-order valence-corrected chi connectivity index (χ0v) is 12.3. The molecule has 1 aromatic heterocycles. The van der Waals surface area contributed by atoms with E-state index in [1.165, 1.54) is 0 Å². The first-order valence-electron chi connectivity index (χ1n) is 6.97. The summed E-state index contributed by atoms with van der Waals surface area (Å²) in [7, 11) is 1.72. The van der Waals surface area contributed by atoms with E-state index in [1.807, 2.05) is 13.0 Å². The molecule has 0 aliphatic rings. The van der Waals surface area contributed by atoms with Crippen LogP contribution in [0.25, 0.3) is 10.9 Å². The average molecular weight is 289 g/mol. The molecule has 0 aliphatic carbocycles. The van der Waals surface area contributed by atoms with Crippen molar-refractivity contribution in [1.29, 1.82) is 0 Å². The molecule has 0 aliphatic heterocycles. The third kappa shape index (κ3) is 3.46. The van der Waals surface area contributed by atoms with Crippen LogP contribution in [-0.4, -0.2) is 35.4 Å². The highest BCUT2D eigenvalue weighted by atomic mass is 16.5. The number of hydrogen-bond acceptors (Lipinski definition) is 4. The molecule has 1 aromatic carbocycles. The molecule has 1 amide bonds. The number of amides is 1. The Hall–Kier alpha value is -2.21. The zero-order valence-electron chi connectivity index (χ0n) is 12.3. The van der Waals surface area contributed by atoms with Gasteiger partial charge in [0.05, 0.1) is 5.52 Å². The van der Waals surface area contributed by atoms with Crippen LogP contribution in [0.1, 0.15) is 23.8 Å². The third-order valence-electron chi connectivity index (χ3n) is 3.13. The van der Waals surface area contributed by atoms with Gasteiger partial charge in [0, 0.05) is 32.2 Å². The van der Waals surface area contributed by atoms with Crippen LogP contribution in [0.4, 0.5) is 0 Å². The van der Waals surface area contributed by atoms with Crippen LogP contribution in [-0.2, 0) is 11.8 Å². The number of fused-ring (bicyclic) bond motifs is 1. The molecule has 21 heavy (non-hydrogen) atoms. The summed E-state index contributed by atoms with van der Waals surface area (Å²) in [4.78, 5) is 24.4.